The third-order valence-corrected chi connectivity index (χ3v) is 4.14. The van der Waals surface area contributed by atoms with Crippen molar-refractivity contribution in [1.82, 2.24) is 10.4 Å². The van der Waals surface area contributed by atoms with E-state index in [1.165, 1.54) is 5.06 Å². The third kappa shape index (κ3) is 3.66. The van der Waals surface area contributed by atoms with Crippen LogP contribution in [0.4, 0.5) is 0 Å². The minimum Gasteiger partial charge on any atom is -0.374 e. The van der Waals surface area contributed by atoms with Crippen molar-refractivity contribution >= 4 is 5.91 Å². The number of benzene rings is 2. The average molecular weight is 322 g/mol. The number of carbonyl (C=O) groups is 1. The Balaban J connectivity index is 1.61. The maximum absolute atomic E-state index is 12.6. The van der Waals surface area contributed by atoms with Gasteiger partial charge in [-0.15, -0.1) is 0 Å². The van der Waals surface area contributed by atoms with Gasteiger partial charge in [0.15, 0.2) is 0 Å². The molecule has 0 aromatic heterocycles. The predicted octanol–water partition coefficient (Wildman–Crippen LogP) is 3.59. The Kier molecular flexibility index (Phi) is 4.96. The van der Waals surface area contributed by atoms with E-state index in [0.717, 1.165) is 16.7 Å². The molecule has 2 aromatic rings. The summed E-state index contributed by atoms with van der Waals surface area (Å²) in [5, 5.41) is 4.76. The summed E-state index contributed by atoms with van der Waals surface area (Å²) in [6, 6.07) is 20.0. The van der Waals surface area contributed by atoms with Gasteiger partial charge in [-0.25, -0.2) is 5.06 Å². The SMILES string of the molecule is CC1=C(N[C@H](C)c2ccccc2)C(=O)N(OCc2ccccc2)C1. The highest BCUT2D eigenvalue weighted by molar-refractivity contribution is 5.95. The van der Waals surface area contributed by atoms with Crippen molar-refractivity contribution in [3.63, 3.8) is 0 Å². The van der Waals surface area contributed by atoms with Gasteiger partial charge < -0.3 is 5.32 Å². The first-order valence-electron chi connectivity index (χ1n) is 8.15. The summed E-state index contributed by atoms with van der Waals surface area (Å²) in [4.78, 5) is 18.3. The molecule has 3 rings (SSSR count). The van der Waals surface area contributed by atoms with Gasteiger partial charge in [-0.1, -0.05) is 60.7 Å². The maximum atomic E-state index is 12.6. The van der Waals surface area contributed by atoms with Crippen LogP contribution in [0, 0.1) is 0 Å². The van der Waals surface area contributed by atoms with Crippen molar-refractivity contribution in [2.45, 2.75) is 26.5 Å². The number of nitrogens with one attached hydrogen (secondary N) is 1. The smallest absolute Gasteiger partial charge is 0.293 e. The predicted molar refractivity (Wildman–Crippen MR) is 93.6 cm³/mol. The van der Waals surface area contributed by atoms with E-state index in [-0.39, 0.29) is 11.9 Å². The van der Waals surface area contributed by atoms with Crippen LogP contribution in [-0.2, 0) is 16.2 Å². The second-order valence-corrected chi connectivity index (χ2v) is 6.03. The summed E-state index contributed by atoms with van der Waals surface area (Å²) in [7, 11) is 0. The van der Waals surface area contributed by atoms with E-state index in [9.17, 15) is 4.79 Å². The fourth-order valence-electron chi connectivity index (χ4n) is 2.73. The van der Waals surface area contributed by atoms with Crippen LogP contribution in [0.2, 0.25) is 0 Å². The van der Waals surface area contributed by atoms with Crippen LogP contribution in [0.5, 0.6) is 0 Å². The first-order chi connectivity index (χ1) is 11.6. The molecule has 24 heavy (non-hydrogen) atoms. The van der Waals surface area contributed by atoms with Gasteiger partial charge in [0.05, 0.1) is 6.54 Å². The van der Waals surface area contributed by atoms with Crippen LogP contribution in [0.3, 0.4) is 0 Å². The Morgan fingerprint density at radius 3 is 2.38 bits per heavy atom. The average Bonchev–Trinajstić information content (AvgIpc) is 2.89. The molecule has 0 fully saturated rings. The quantitative estimate of drug-likeness (QED) is 0.884. The van der Waals surface area contributed by atoms with E-state index >= 15 is 0 Å². The van der Waals surface area contributed by atoms with Gasteiger partial charge in [0.1, 0.15) is 12.3 Å². The molecule has 1 atom stereocenters. The molecule has 0 saturated carbocycles. The molecular formula is C20H22N2O2. The molecule has 0 radical (unpaired) electrons. The molecule has 1 N–H and O–H groups in total. The summed E-state index contributed by atoms with van der Waals surface area (Å²) in [6.07, 6.45) is 0. The van der Waals surface area contributed by atoms with Gasteiger partial charge in [0.25, 0.3) is 5.91 Å². The van der Waals surface area contributed by atoms with Gasteiger partial charge in [-0.05, 0) is 30.5 Å². The van der Waals surface area contributed by atoms with Crippen molar-refractivity contribution in [2.24, 2.45) is 0 Å². The lowest BCUT2D eigenvalue weighted by molar-refractivity contribution is -0.181. The van der Waals surface area contributed by atoms with Crippen LogP contribution in [0.25, 0.3) is 0 Å². The standard InChI is InChI=1S/C20H22N2O2/c1-15-13-22(24-14-17-9-5-3-6-10-17)20(23)19(15)21-16(2)18-11-7-4-8-12-18/h3-12,16,21H,13-14H2,1-2H3/t16-/m1/s1. The largest absolute Gasteiger partial charge is 0.374 e. The summed E-state index contributed by atoms with van der Waals surface area (Å²) < 4.78 is 0. The Bertz CT molecular complexity index is 726. The topological polar surface area (TPSA) is 41.6 Å². The molecule has 2 aromatic carbocycles. The maximum Gasteiger partial charge on any atom is 0.293 e. The summed E-state index contributed by atoms with van der Waals surface area (Å²) in [6.45, 7) is 4.90. The molecule has 1 aliphatic rings. The lowest BCUT2D eigenvalue weighted by atomic mass is 10.1. The van der Waals surface area contributed by atoms with Gasteiger partial charge in [-0.3, -0.25) is 9.63 Å². The number of nitrogens with zero attached hydrogens (tertiary/aromatic N) is 1. The minimum absolute atomic E-state index is 0.0640. The zero-order valence-electron chi connectivity index (χ0n) is 14.0. The minimum atomic E-state index is -0.105. The van der Waals surface area contributed by atoms with Crippen molar-refractivity contribution in [3.8, 4) is 0 Å². The normalized spacial score (nSPS) is 15.8. The molecule has 1 aliphatic heterocycles. The van der Waals surface area contributed by atoms with E-state index < -0.39 is 0 Å². The molecule has 0 unspecified atom stereocenters. The first-order valence-corrected chi connectivity index (χ1v) is 8.15. The summed E-state index contributed by atoms with van der Waals surface area (Å²) >= 11 is 0. The second-order valence-electron chi connectivity index (χ2n) is 6.03. The Labute approximate surface area is 142 Å². The first kappa shape index (κ1) is 16.3. The molecule has 0 spiro atoms. The molecule has 0 aliphatic carbocycles. The molecule has 1 amide bonds. The number of hydrogen-bond acceptors (Lipinski definition) is 3. The van der Waals surface area contributed by atoms with Crippen LogP contribution in [0.15, 0.2) is 71.9 Å². The third-order valence-electron chi connectivity index (χ3n) is 4.14. The number of hydrogen-bond donors (Lipinski definition) is 1. The van der Waals surface area contributed by atoms with Crippen LogP contribution >= 0.6 is 0 Å². The van der Waals surface area contributed by atoms with Gasteiger partial charge in [-0.2, -0.15) is 0 Å². The van der Waals surface area contributed by atoms with E-state index in [1.54, 1.807) is 0 Å². The summed E-state index contributed by atoms with van der Waals surface area (Å²) in [5.74, 6) is -0.105. The van der Waals surface area contributed by atoms with Crippen LogP contribution in [0.1, 0.15) is 31.0 Å². The monoisotopic (exact) mass is 322 g/mol. The highest BCUT2D eigenvalue weighted by Gasteiger charge is 2.30. The molecule has 124 valence electrons. The van der Waals surface area contributed by atoms with Crippen LogP contribution < -0.4 is 5.32 Å². The Hall–Kier alpha value is -2.59. The van der Waals surface area contributed by atoms with Crippen LogP contribution in [-0.4, -0.2) is 17.5 Å². The number of amides is 1. The molecule has 0 saturated heterocycles. The fourth-order valence-corrected chi connectivity index (χ4v) is 2.73. The lowest BCUT2D eigenvalue weighted by Gasteiger charge is -2.19. The lowest BCUT2D eigenvalue weighted by Crippen LogP contribution is -2.31. The van der Waals surface area contributed by atoms with E-state index in [0.29, 0.717) is 18.8 Å². The Morgan fingerprint density at radius 2 is 1.71 bits per heavy atom. The second kappa shape index (κ2) is 7.32. The van der Waals surface area contributed by atoms with E-state index in [4.69, 9.17) is 4.84 Å². The van der Waals surface area contributed by atoms with Crippen molar-refractivity contribution in [2.75, 3.05) is 6.54 Å². The molecule has 4 heteroatoms. The number of rotatable bonds is 6. The van der Waals surface area contributed by atoms with Crippen molar-refractivity contribution < 1.29 is 9.63 Å². The number of hydroxylamine groups is 2. The van der Waals surface area contributed by atoms with E-state index in [1.807, 2.05) is 55.5 Å². The van der Waals surface area contributed by atoms with Gasteiger partial charge >= 0.3 is 0 Å². The van der Waals surface area contributed by atoms with E-state index in [2.05, 4.69) is 24.4 Å². The van der Waals surface area contributed by atoms with Gasteiger partial charge in [0.2, 0.25) is 0 Å². The van der Waals surface area contributed by atoms with Gasteiger partial charge in [0, 0.05) is 6.04 Å². The zero-order chi connectivity index (χ0) is 16.9. The molecule has 1 heterocycles. The highest BCUT2D eigenvalue weighted by atomic mass is 16.7. The molecular weight excluding hydrogens is 300 g/mol. The van der Waals surface area contributed by atoms with Crippen molar-refractivity contribution in [3.05, 3.63) is 83.1 Å². The number of carbonyl (C=O) groups excluding carboxylic acids is 1. The highest BCUT2D eigenvalue weighted by Crippen LogP contribution is 2.22. The Morgan fingerprint density at radius 1 is 1.08 bits per heavy atom. The zero-order valence-corrected chi connectivity index (χ0v) is 14.0. The molecule has 0 bridgehead atoms. The van der Waals surface area contributed by atoms with Crippen molar-refractivity contribution in [1.29, 1.82) is 0 Å². The fraction of sp³-hybridized carbons (Fsp3) is 0.250. The summed E-state index contributed by atoms with van der Waals surface area (Å²) in [5.41, 5.74) is 3.83. The molecule has 4 nitrogen and oxygen atoms in total.